The van der Waals surface area contributed by atoms with E-state index >= 15 is 0 Å². The molecule has 2 unspecified atom stereocenters. The fraction of sp³-hybridized carbons (Fsp3) is 1.00. The summed E-state index contributed by atoms with van der Waals surface area (Å²) < 4.78 is 0. The third-order valence-electron chi connectivity index (χ3n) is 2.71. The Kier molecular flexibility index (Phi) is 3.91. The SMILES string of the molecule is CC(CC(O)C(C)(C)N)C(C)(C)N. The topological polar surface area (TPSA) is 72.3 Å². The van der Waals surface area contributed by atoms with E-state index in [4.69, 9.17) is 11.5 Å². The Hall–Kier alpha value is -0.120. The van der Waals surface area contributed by atoms with Crippen molar-refractivity contribution in [2.75, 3.05) is 0 Å². The smallest absolute Gasteiger partial charge is 0.0717 e. The second kappa shape index (κ2) is 3.95. The largest absolute Gasteiger partial charge is 0.391 e. The molecule has 0 saturated heterocycles. The Balaban J connectivity index is 4.15. The van der Waals surface area contributed by atoms with Gasteiger partial charge in [-0.3, -0.25) is 0 Å². The molecule has 0 rings (SSSR count). The van der Waals surface area contributed by atoms with Crippen LogP contribution in [0.2, 0.25) is 0 Å². The van der Waals surface area contributed by atoms with Gasteiger partial charge in [0.25, 0.3) is 0 Å². The van der Waals surface area contributed by atoms with Crippen molar-refractivity contribution in [3.63, 3.8) is 0 Å². The van der Waals surface area contributed by atoms with Crippen molar-refractivity contribution >= 4 is 0 Å². The molecule has 0 heterocycles. The van der Waals surface area contributed by atoms with Gasteiger partial charge in [0.15, 0.2) is 0 Å². The van der Waals surface area contributed by atoms with Crippen LogP contribution in [0.4, 0.5) is 0 Å². The van der Waals surface area contributed by atoms with Crippen LogP contribution in [0, 0.1) is 5.92 Å². The molecule has 0 radical (unpaired) electrons. The second-order valence-electron chi connectivity index (χ2n) is 5.30. The van der Waals surface area contributed by atoms with E-state index in [1.165, 1.54) is 0 Å². The van der Waals surface area contributed by atoms with Crippen LogP contribution in [0.15, 0.2) is 0 Å². The first-order valence-electron chi connectivity index (χ1n) is 4.81. The highest BCUT2D eigenvalue weighted by Crippen LogP contribution is 2.22. The first kappa shape index (κ1) is 12.9. The zero-order valence-corrected chi connectivity index (χ0v) is 9.46. The third-order valence-corrected chi connectivity index (χ3v) is 2.71. The molecule has 2 atom stereocenters. The lowest BCUT2D eigenvalue weighted by Crippen LogP contribution is -2.49. The molecule has 0 fully saturated rings. The van der Waals surface area contributed by atoms with Crippen LogP contribution in [0.25, 0.3) is 0 Å². The van der Waals surface area contributed by atoms with Crippen LogP contribution in [0.5, 0.6) is 0 Å². The number of hydrogen-bond donors (Lipinski definition) is 3. The molecule has 0 aliphatic heterocycles. The monoisotopic (exact) mass is 188 g/mol. The summed E-state index contributed by atoms with van der Waals surface area (Å²) in [6.45, 7) is 9.62. The number of nitrogens with two attached hydrogens (primary N) is 2. The van der Waals surface area contributed by atoms with E-state index in [1.54, 1.807) is 0 Å². The zero-order chi connectivity index (χ0) is 10.9. The molecule has 5 N–H and O–H groups in total. The van der Waals surface area contributed by atoms with Crippen molar-refractivity contribution < 1.29 is 5.11 Å². The van der Waals surface area contributed by atoms with Gasteiger partial charge in [-0.25, -0.2) is 0 Å². The number of rotatable bonds is 4. The molecule has 0 aromatic rings. The lowest BCUT2D eigenvalue weighted by molar-refractivity contribution is 0.0694. The van der Waals surface area contributed by atoms with E-state index < -0.39 is 11.6 Å². The van der Waals surface area contributed by atoms with Gasteiger partial charge in [-0.05, 0) is 40.0 Å². The average Bonchev–Trinajstić information content (AvgIpc) is 1.82. The molecule has 0 saturated carbocycles. The number of hydrogen-bond acceptors (Lipinski definition) is 3. The lowest BCUT2D eigenvalue weighted by atomic mass is 9.82. The summed E-state index contributed by atoms with van der Waals surface area (Å²) in [7, 11) is 0. The van der Waals surface area contributed by atoms with Gasteiger partial charge in [-0.15, -0.1) is 0 Å². The Labute approximate surface area is 81.5 Å². The maximum Gasteiger partial charge on any atom is 0.0717 e. The van der Waals surface area contributed by atoms with Gasteiger partial charge in [-0.2, -0.15) is 0 Å². The molecule has 0 aliphatic carbocycles. The molecule has 3 heteroatoms. The summed E-state index contributed by atoms with van der Waals surface area (Å²) in [4.78, 5) is 0. The van der Waals surface area contributed by atoms with Crippen molar-refractivity contribution in [1.82, 2.24) is 0 Å². The van der Waals surface area contributed by atoms with Crippen LogP contribution in [0.1, 0.15) is 41.0 Å². The molecule has 0 bridgehead atoms. The standard InChI is InChI=1S/C10H24N2O/c1-7(9(2,3)11)6-8(13)10(4,5)12/h7-8,13H,6,11-12H2,1-5H3. The van der Waals surface area contributed by atoms with Crippen LogP contribution in [-0.2, 0) is 0 Å². The summed E-state index contributed by atoms with van der Waals surface area (Å²) in [5.74, 6) is 0.255. The van der Waals surface area contributed by atoms with Gasteiger partial charge in [0, 0.05) is 11.1 Å². The van der Waals surface area contributed by atoms with E-state index in [0.717, 1.165) is 0 Å². The average molecular weight is 188 g/mol. The predicted molar refractivity (Wildman–Crippen MR) is 56.3 cm³/mol. The highest BCUT2D eigenvalue weighted by atomic mass is 16.3. The van der Waals surface area contributed by atoms with Gasteiger partial charge in [0.1, 0.15) is 0 Å². The summed E-state index contributed by atoms with van der Waals surface area (Å²) >= 11 is 0. The predicted octanol–water partition coefficient (Wildman–Crippen LogP) is 0.848. The second-order valence-corrected chi connectivity index (χ2v) is 5.30. The third kappa shape index (κ3) is 4.60. The van der Waals surface area contributed by atoms with Crippen LogP contribution in [-0.4, -0.2) is 22.3 Å². The van der Waals surface area contributed by atoms with Crippen molar-refractivity contribution in [3.05, 3.63) is 0 Å². The van der Waals surface area contributed by atoms with Crippen LogP contribution >= 0.6 is 0 Å². The zero-order valence-electron chi connectivity index (χ0n) is 9.46. The molecule has 0 amide bonds. The molecular formula is C10H24N2O. The van der Waals surface area contributed by atoms with Crippen molar-refractivity contribution in [3.8, 4) is 0 Å². The summed E-state index contributed by atoms with van der Waals surface area (Å²) in [5, 5.41) is 9.74. The Morgan fingerprint density at radius 1 is 1.08 bits per heavy atom. The minimum atomic E-state index is -0.542. The Morgan fingerprint density at radius 3 is 1.69 bits per heavy atom. The van der Waals surface area contributed by atoms with E-state index in [2.05, 4.69) is 0 Å². The highest BCUT2D eigenvalue weighted by Gasteiger charge is 2.29. The normalized spacial score (nSPS) is 18.5. The van der Waals surface area contributed by atoms with Gasteiger partial charge in [-0.1, -0.05) is 6.92 Å². The van der Waals surface area contributed by atoms with E-state index in [0.29, 0.717) is 6.42 Å². The van der Waals surface area contributed by atoms with Gasteiger partial charge in [0.05, 0.1) is 6.10 Å². The van der Waals surface area contributed by atoms with Gasteiger partial charge in [0.2, 0.25) is 0 Å². The van der Waals surface area contributed by atoms with E-state index in [9.17, 15) is 5.11 Å². The number of aliphatic hydroxyl groups excluding tert-OH is 1. The van der Waals surface area contributed by atoms with Crippen molar-refractivity contribution in [1.29, 1.82) is 0 Å². The lowest BCUT2D eigenvalue weighted by Gasteiger charge is -2.33. The Morgan fingerprint density at radius 2 is 1.46 bits per heavy atom. The molecule has 80 valence electrons. The maximum atomic E-state index is 9.74. The quantitative estimate of drug-likeness (QED) is 0.612. The molecule has 0 aromatic carbocycles. The van der Waals surface area contributed by atoms with E-state index in [-0.39, 0.29) is 11.5 Å². The summed E-state index contributed by atoms with van der Waals surface area (Å²) in [5.41, 5.74) is 10.9. The van der Waals surface area contributed by atoms with Gasteiger partial charge >= 0.3 is 0 Å². The maximum absolute atomic E-state index is 9.74. The molecule has 0 aromatic heterocycles. The minimum Gasteiger partial charge on any atom is -0.391 e. The Bertz CT molecular complexity index is 137. The molecule has 0 spiro atoms. The van der Waals surface area contributed by atoms with Crippen molar-refractivity contribution in [2.45, 2.75) is 58.2 Å². The fourth-order valence-electron chi connectivity index (χ4n) is 0.942. The molecule has 13 heavy (non-hydrogen) atoms. The van der Waals surface area contributed by atoms with Crippen LogP contribution < -0.4 is 11.5 Å². The first-order valence-corrected chi connectivity index (χ1v) is 4.81. The summed E-state index contributed by atoms with van der Waals surface area (Å²) in [6, 6.07) is 0. The first-order chi connectivity index (χ1) is 5.55. The number of aliphatic hydroxyl groups is 1. The van der Waals surface area contributed by atoms with Crippen molar-refractivity contribution in [2.24, 2.45) is 17.4 Å². The fourth-order valence-corrected chi connectivity index (χ4v) is 0.942. The highest BCUT2D eigenvalue weighted by molar-refractivity contribution is 4.88. The van der Waals surface area contributed by atoms with Crippen LogP contribution in [0.3, 0.4) is 0 Å². The molecule has 3 nitrogen and oxygen atoms in total. The molecular weight excluding hydrogens is 164 g/mol. The minimum absolute atomic E-state index is 0.255. The summed E-state index contributed by atoms with van der Waals surface area (Å²) in [6.07, 6.45) is 0.151. The molecule has 0 aliphatic rings. The van der Waals surface area contributed by atoms with Gasteiger partial charge < -0.3 is 16.6 Å². The van der Waals surface area contributed by atoms with E-state index in [1.807, 2.05) is 34.6 Å².